The van der Waals surface area contributed by atoms with Crippen molar-refractivity contribution in [3.63, 3.8) is 0 Å². The molecule has 0 radical (unpaired) electrons. The maximum absolute atomic E-state index is 12.4. The van der Waals surface area contributed by atoms with Crippen molar-refractivity contribution in [1.82, 2.24) is 9.13 Å². The first kappa shape index (κ1) is 42.2. The molecule has 0 saturated heterocycles. The van der Waals surface area contributed by atoms with E-state index in [0.717, 1.165) is 109 Å². The number of nitriles is 1. The fourth-order valence-electron chi connectivity index (χ4n) is 11.8. The van der Waals surface area contributed by atoms with Gasteiger partial charge in [-0.3, -0.25) is 0 Å². The molecule has 0 saturated carbocycles. The normalized spacial score (nSPS) is 11.8. The van der Waals surface area contributed by atoms with E-state index in [2.05, 4.69) is 234 Å². The third-order valence-corrected chi connectivity index (χ3v) is 17.4. The average Bonchev–Trinajstić information content (AvgIpc) is 4.27. The summed E-state index contributed by atoms with van der Waals surface area (Å²) in [6.07, 6.45) is 0. The molecule has 0 atom stereocenters. The van der Waals surface area contributed by atoms with Crippen molar-refractivity contribution in [2.45, 2.75) is 0 Å². The zero-order valence-electron chi connectivity index (χ0n) is 39.5. The Morgan fingerprint density at radius 2 is 0.770 bits per heavy atom. The molecule has 0 bridgehead atoms. The van der Waals surface area contributed by atoms with E-state index in [0.29, 0.717) is 16.8 Å². The summed E-state index contributed by atoms with van der Waals surface area (Å²) in [5, 5.41) is 21.5. The van der Waals surface area contributed by atoms with Crippen LogP contribution in [0.1, 0.15) is 5.56 Å². The lowest BCUT2D eigenvalue weighted by atomic mass is 9.87. The average molecular weight is 975 g/mol. The summed E-state index contributed by atoms with van der Waals surface area (Å²) in [7, 11) is 0. The number of rotatable bonds is 6. The minimum atomic E-state index is 0.407. The molecule has 0 aliphatic rings. The quantitative estimate of drug-likeness (QED) is 0.153. The van der Waals surface area contributed by atoms with Crippen LogP contribution in [0.3, 0.4) is 0 Å². The topological polar surface area (TPSA) is 38.0 Å². The second-order valence-electron chi connectivity index (χ2n) is 18.9. The predicted octanol–water partition coefficient (Wildman–Crippen LogP) is 19.7. The van der Waals surface area contributed by atoms with Gasteiger partial charge in [0, 0.05) is 63.6 Å². The number of para-hydroxylation sites is 2. The van der Waals surface area contributed by atoms with Crippen LogP contribution < -0.4 is 0 Å². The Kier molecular flexibility index (Phi) is 9.40. The van der Waals surface area contributed by atoms with Gasteiger partial charge in [0.15, 0.2) is 0 Å². The molecule has 342 valence electrons. The molecule has 4 nitrogen and oxygen atoms in total. The number of hydrogen-bond acceptors (Lipinski definition) is 3. The van der Waals surface area contributed by atoms with Gasteiger partial charge < -0.3 is 9.13 Å². The fraction of sp³-hybridized carbons (Fsp3) is 0. The van der Waals surface area contributed by atoms with Gasteiger partial charge in [0.05, 0.1) is 55.0 Å². The number of hydrogen-bond donors (Lipinski definition) is 0. The molecule has 0 unspecified atom stereocenters. The predicted molar refractivity (Wildman–Crippen MR) is 314 cm³/mol. The molecule has 15 rings (SSSR count). The molecule has 0 N–H and O–H groups in total. The second kappa shape index (κ2) is 16.5. The largest absolute Gasteiger partial charge is 0.317 e. The van der Waals surface area contributed by atoms with Gasteiger partial charge in [-0.25, -0.2) is 4.85 Å². The van der Waals surface area contributed by atoms with Crippen LogP contribution in [0.5, 0.6) is 0 Å². The molecule has 4 heterocycles. The van der Waals surface area contributed by atoms with Gasteiger partial charge in [0.2, 0.25) is 5.69 Å². The molecule has 6 heteroatoms. The smallest absolute Gasteiger partial charge is 0.220 e. The minimum absolute atomic E-state index is 0.407. The number of fused-ring (bicyclic) bond motifs is 14. The Labute approximate surface area is 433 Å². The highest BCUT2D eigenvalue weighted by Crippen LogP contribution is 2.55. The first-order valence-corrected chi connectivity index (χ1v) is 26.3. The number of nitrogens with zero attached hydrogens (tertiary/aromatic N) is 4. The van der Waals surface area contributed by atoms with E-state index < -0.39 is 0 Å². The molecular weight excluding hydrogens is 937 g/mol. The zero-order valence-corrected chi connectivity index (χ0v) is 41.2. The van der Waals surface area contributed by atoms with Crippen LogP contribution >= 0.6 is 22.7 Å². The summed E-state index contributed by atoms with van der Waals surface area (Å²) in [5.74, 6) is 0. The van der Waals surface area contributed by atoms with E-state index in [1.54, 1.807) is 22.7 Å². The van der Waals surface area contributed by atoms with Crippen LogP contribution in [-0.2, 0) is 0 Å². The molecular formula is C68H38N4S2. The van der Waals surface area contributed by atoms with Gasteiger partial charge in [-0.1, -0.05) is 194 Å². The van der Waals surface area contributed by atoms with E-state index in [4.69, 9.17) is 4.85 Å². The maximum Gasteiger partial charge on any atom is 0.220 e. The number of thiophene rings is 2. The van der Waals surface area contributed by atoms with Crippen LogP contribution in [0.2, 0.25) is 0 Å². The standard InChI is InChI=1S/C68H38N4S2/c1-70-62-60(45-24-16-22-43(38-45)41-18-4-2-5-19-41)55(40-69)63(71-56-30-12-8-26-47(56)51-34-36-53-49-28-10-14-32-58(49)73-67(53)64(51)71)61(46-25-17-23-44(39-46)42-20-6-3-7-21-42)66(62)72-57-31-13-9-27-48(57)52-35-37-54-50-29-11-15-33-59(50)74-68(54)65(52)72/h2-39H. The van der Waals surface area contributed by atoms with Gasteiger partial charge in [0.25, 0.3) is 0 Å². The van der Waals surface area contributed by atoms with Gasteiger partial charge in [-0.2, -0.15) is 5.26 Å². The molecule has 15 aromatic rings. The fourth-order valence-corrected chi connectivity index (χ4v) is 14.3. The summed E-state index contributed by atoms with van der Waals surface area (Å²) in [6.45, 7) is 9.65. The zero-order chi connectivity index (χ0) is 49.0. The molecule has 74 heavy (non-hydrogen) atoms. The summed E-state index contributed by atoms with van der Waals surface area (Å²) in [4.78, 5) is 4.72. The van der Waals surface area contributed by atoms with Crippen molar-refractivity contribution in [2.75, 3.05) is 0 Å². The monoisotopic (exact) mass is 974 g/mol. The van der Waals surface area contributed by atoms with Gasteiger partial charge in [-0.15, -0.1) is 22.7 Å². The lowest BCUT2D eigenvalue weighted by molar-refractivity contribution is 1.14. The maximum atomic E-state index is 12.4. The Hall–Kier alpha value is -9.56. The molecule has 0 fully saturated rings. The first-order valence-electron chi connectivity index (χ1n) is 24.7. The SMILES string of the molecule is [C-]#[N+]c1c(-c2cccc(-c3ccccc3)c2)c(C#N)c(-n2c3ccccc3c3ccc4c5ccccc5sc4c32)c(-c2cccc(-c3ccccc3)c2)c1-n1c2ccccc2c2ccc3c4ccccc4sc3c21. The summed E-state index contributed by atoms with van der Waals surface area (Å²) in [6, 6.07) is 84.4. The van der Waals surface area contributed by atoms with Gasteiger partial charge in [0.1, 0.15) is 6.07 Å². The van der Waals surface area contributed by atoms with E-state index >= 15 is 0 Å². The Morgan fingerprint density at radius 1 is 0.365 bits per heavy atom. The molecule has 11 aromatic carbocycles. The molecule has 0 spiro atoms. The lowest BCUT2D eigenvalue weighted by Crippen LogP contribution is -2.09. The van der Waals surface area contributed by atoms with Gasteiger partial charge >= 0.3 is 0 Å². The van der Waals surface area contributed by atoms with Crippen molar-refractivity contribution < 1.29 is 0 Å². The van der Waals surface area contributed by atoms with Crippen molar-refractivity contribution in [1.29, 1.82) is 5.26 Å². The summed E-state index contributed by atoms with van der Waals surface area (Å²) in [5.41, 5.74) is 13.5. The summed E-state index contributed by atoms with van der Waals surface area (Å²) < 4.78 is 9.45. The van der Waals surface area contributed by atoms with E-state index in [1.165, 1.54) is 25.6 Å². The molecule has 0 aliphatic carbocycles. The van der Waals surface area contributed by atoms with Crippen LogP contribution in [0.25, 0.3) is 145 Å². The molecule has 4 aromatic heterocycles. The van der Waals surface area contributed by atoms with Crippen molar-refractivity contribution in [3.8, 4) is 62.0 Å². The number of benzene rings is 11. The Balaban J connectivity index is 1.23. The van der Waals surface area contributed by atoms with Crippen molar-refractivity contribution in [3.05, 3.63) is 248 Å². The van der Waals surface area contributed by atoms with Crippen LogP contribution in [0.4, 0.5) is 5.69 Å². The van der Waals surface area contributed by atoms with Crippen LogP contribution in [-0.4, -0.2) is 9.13 Å². The first-order chi connectivity index (χ1) is 36.7. The Bertz CT molecular complexity index is 4690. The highest BCUT2D eigenvalue weighted by molar-refractivity contribution is 7.27. The minimum Gasteiger partial charge on any atom is -0.317 e. The third kappa shape index (κ3) is 6.11. The highest BCUT2D eigenvalue weighted by atomic mass is 32.1. The third-order valence-electron chi connectivity index (χ3n) is 15.0. The Morgan fingerprint density at radius 3 is 1.27 bits per heavy atom. The van der Waals surface area contributed by atoms with Crippen LogP contribution in [0.15, 0.2) is 231 Å². The van der Waals surface area contributed by atoms with Crippen molar-refractivity contribution >= 4 is 112 Å². The molecule has 0 aliphatic heterocycles. The second-order valence-corrected chi connectivity index (χ2v) is 21.0. The summed E-state index contributed by atoms with van der Waals surface area (Å²) >= 11 is 3.58. The van der Waals surface area contributed by atoms with Crippen LogP contribution in [0, 0.1) is 17.9 Å². The van der Waals surface area contributed by atoms with Crippen molar-refractivity contribution in [2.24, 2.45) is 0 Å². The molecule has 0 amide bonds. The number of aromatic nitrogens is 2. The van der Waals surface area contributed by atoms with E-state index in [1.807, 2.05) is 12.1 Å². The lowest BCUT2D eigenvalue weighted by Gasteiger charge is -2.26. The highest BCUT2D eigenvalue weighted by Gasteiger charge is 2.33. The van der Waals surface area contributed by atoms with Gasteiger partial charge in [-0.05, 0) is 69.8 Å². The van der Waals surface area contributed by atoms with E-state index in [9.17, 15) is 11.8 Å². The van der Waals surface area contributed by atoms with E-state index in [-0.39, 0.29) is 0 Å².